The zero-order chi connectivity index (χ0) is 21.5. The number of ether oxygens (including phenoxy) is 1. The number of hydrogen-bond acceptors (Lipinski definition) is 4. The first-order valence-electron chi connectivity index (χ1n) is 9.75. The number of aryl methyl sites for hydroxylation is 2. The maximum Gasteiger partial charge on any atom is 0.254 e. The highest BCUT2D eigenvalue weighted by Crippen LogP contribution is 2.27. The average Bonchev–Trinajstić information content (AvgIpc) is 2.68. The molecule has 1 aliphatic rings. The highest BCUT2D eigenvalue weighted by atomic mass is 32.2. The van der Waals surface area contributed by atoms with E-state index in [4.69, 9.17) is 4.74 Å². The van der Waals surface area contributed by atoms with Crippen molar-refractivity contribution in [1.82, 2.24) is 8.87 Å². The Morgan fingerprint density at radius 3 is 2.27 bits per heavy atom. The Labute approximate surface area is 176 Å². The Morgan fingerprint density at radius 2 is 1.63 bits per heavy atom. The fraction of sp³-hybridized carbons (Fsp3) is 0.261. The predicted octanol–water partition coefficient (Wildman–Crippen LogP) is 3.12. The van der Waals surface area contributed by atoms with E-state index in [9.17, 15) is 13.2 Å². The third kappa shape index (κ3) is 3.91. The molecule has 0 unspecified atom stereocenters. The Morgan fingerprint density at radius 1 is 0.933 bits per heavy atom. The van der Waals surface area contributed by atoms with E-state index < -0.39 is 10.0 Å². The maximum absolute atomic E-state index is 12.9. The average molecular weight is 425 g/mol. The van der Waals surface area contributed by atoms with Crippen molar-refractivity contribution in [2.24, 2.45) is 7.05 Å². The second-order valence-corrected chi connectivity index (χ2v) is 9.62. The molecule has 1 fully saturated rings. The molecule has 0 radical (unpaired) electrons. The molecular weight excluding hydrogens is 400 g/mol. The van der Waals surface area contributed by atoms with Crippen LogP contribution in [-0.4, -0.2) is 36.5 Å². The van der Waals surface area contributed by atoms with Crippen LogP contribution >= 0.6 is 0 Å². The van der Waals surface area contributed by atoms with Crippen LogP contribution < -0.4 is 10.3 Å². The summed E-state index contributed by atoms with van der Waals surface area (Å²) in [5.41, 5.74) is 3.82. The summed E-state index contributed by atoms with van der Waals surface area (Å²) in [6.45, 7) is 4.37. The van der Waals surface area contributed by atoms with E-state index in [-0.39, 0.29) is 29.6 Å². The third-order valence-electron chi connectivity index (χ3n) is 5.44. The fourth-order valence-electron chi connectivity index (χ4n) is 3.46. The van der Waals surface area contributed by atoms with Gasteiger partial charge in [0.25, 0.3) is 5.56 Å². The van der Waals surface area contributed by atoms with Gasteiger partial charge in [-0.25, -0.2) is 8.42 Å². The third-order valence-corrected chi connectivity index (χ3v) is 7.28. The van der Waals surface area contributed by atoms with Gasteiger partial charge in [-0.15, -0.1) is 0 Å². The molecular formula is C23H24N2O4S. The Hall–Kier alpha value is -2.90. The highest BCUT2D eigenvalue weighted by Gasteiger charge is 2.38. The van der Waals surface area contributed by atoms with Crippen molar-refractivity contribution in [3.05, 3.63) is 82.3 Å². The number of pyridine rings is 1. The van der Waals surface area contributed by atoms with Crippen LogP contribution in [0.15, 0.2) is 70.4 Å². The van der Waals surface area contributed by atoms with E-state index in [1.54, 1.807) is 25.2 Å². The smallest absolute Gasteiger partial charge is 0.254 e. The molecule has 2 aromatic carbocycles. The SMILES string of the molecule is Cc1cccc(-c2ccc(S(=O)(=O)N3CC(Oc4cc(C)n(C)c(=O)c4)C3)cc2)c1. The van der Waals surface area contributed by atoms with Crippen molar-refractivity contribution in [3.8, 4) is 16.9 Å². The van der Waals surface area contributed by atoms with Crippen LogP contribution in [0.3, 0.4) is 0 Å². The summed E-state index contributed by atoms with van der Waals surface area (Å²) >= 11 is 0. The second kappa shape index (κ2) is 7.74. The topological polar surface area (TPSA) is 68.6 Å². The van der Waals surface area contributed by atoms with Crippen molar-refractivity contribution in [3.63, 3.8) is 0 Å². The van der Waals surface area contributed by atoms with E-state index in [2.05, 4.69) is 6.07 Å². The minimum absolute atomic E-state index is 0.150. The monoisotopic (exact) mass is 424 g/mol. The number of hydrogen-bond donors (Lipinski definition) is 0. The first kappa shape index (κ1) is 20.4. The minimum atomic E-state index is -3.57. The summed E-state index contributed by atoms with van der Waals surface area (Å²) in [5.74, 6) is 0.472. The zero-order valence-electron chi connectivity index (χ0n) is 17.2. The van der Waals surface area contributed by atoms with E-state index in [1.165, 1.54) is 14.9 Å². The van der Waals surface area contributed by atoms with Crippen molar-refractivity contribution >= 4 is 10.0 Å². The van der Waals surface area contributed by atoms with Crippen molar-refractivity contribution in [2.45, 2.75) is 24.8 Å². The molecule has 4 rings (SSSR count). The molecule has 0 bridgehead atoms. The van der Waals surface area contributed by atoms with Gasteiger partial charge in [0.2, 0.25) is 10.0 Å². The molecule has 1 aliphatic heterocycles. The zero-order valence-corrected chi connectivity index (χ0v) is 18.0. The summed E-state index contributed by atoms with van der Waals surface area (Å²) in [7, 11) is -1.87. The summed E-state index contributed by atoms with van der Waals surface area (Å²) in [4.78, 5) is 12.1. The molecule has 1 saturated heterocycles. The Balaban J connectivity index is 1.43. The van der Waals surface area contributed by atoms with Crippen LogP contribution in [0.5, 0.6) is 5.75 Å². The molecule has 30 heavy (non-hydrogen) atoms. The molecule has 0 amide bonds. The predicted molar refractivity (Wildman–Crippen MR) is 116 cm³/mol. The van der Waals surface area contributed by atoms with Crippen LogP contribution in [-0.2, 0) is 17.1 Å². The molecule has 0 saturated carbocycles. The van der Waals surface area contributed by atoms with Gasteiger partial charge in [-0.2, -0.15) is 4.31 Å². The Bertz CT molecular complexity index is 1240. The Kier molecular flexibility index (Phi) is 5.26. The molecule has 0 N–H and O–H groups in total. The largest absolute Gasteiger partial charge is 0.487 e. The van der Waals surface area contributed by atoms with Crippen molar-refractivity contribution < 1.29 is 13.2 Å². The summed E-state index contributed by atoms with van der Waals surface area (Å²) in [5, 5.41) is 0. The van der Waals surface area contributed by atoms with E-state index in [0.717, 1.165) is 22.4 Å². The van der Waals surface area contributed by atoms with Gasteiger partial charge in [-0.05, 0) is 43.2 Å². The maximum atomic E-state index is 12.9. The van der Waals surface area contributed by atoms with Gasteiger partial charge in [0.1, 0.15) is 11.9 Å². The normalized spacial score (nSPS) is 15.0. The number of aromatic nitrogens is 1. The fourth-order valence-corrected chi connectivity index (χ4v) is 4.97. The first-order valence-corrected chi connectivity index (χ1v) is 11.2. The lowest BCUT2D eigenvalue weighted by molar-refractivity contribution is 0.0759. The molecule has 0 spiro atoms. The molecule has 156 valence electrons. The lowest BCUT2D eigenvalue weighted by Crippen LogP contribution is -2.56. The van der Waals surface area contributed by atoms with Gasteiger partial charge in [0.05, 0.1) is 18.0 Å². The molecule has 1 aromatic heterocycles. The molecule has 7 heteroatoms. The standard InChI is InChI=1S/C23H24N2O4S/c1-16-5-4-6-19(11-16)18-7-9-22(10-8-18)30(27,28)25-14-21(15-25)29-20-12-17(2)24(3)23(26)13-20/h4-13,21H,14-15H2,1-3H3. The molecule has 3 aromatic rings. The lowest BCUT2D eigenvalue weighted by Gasteiger charge is -2.37. The van der Waals surface area contributed by atoms with Gasteiger partial charge in [0, 0.05) is 18.8 Å². The number of nitrogens with zero attached hydrogens (tertiary/aromatic N) is 2. The summed E-state index contributed by atoms with van der Waals surface area (Å²) in [6, 6.07) is 18.2. The molecule has 0 aliphatic carbocycles. The highest BCUT2D eigenvalue weighted by molar-refractivity contribution is 7.89. The van der Waals surface area contributed by atoms with Gasteiger partial charge < -0.3 is 9.30 Å². The van der Waals surface area contributed by atoms with Gasteiger partial charge >= 0.3 is 0 Å². The van der Waals surface area contributed by atoms with Crippen molar-refractivity contribution in [2.75, 3.05) is 13.1 Å². The second-order valence-electron chi connectivity index (χ2n) is 7.69. The van der Waals surface area contributed by atoms with E-state index >= 15 is 0 Å². The minimum Gasteiger partial charge on any atom is -0.487 e. The molecule has 2 heterocycles. The van der Waals surface area contributed by atoms with Crippen LogP contribution in [0.25, 0.3) is 11.1 Å². The summed E-state index contributed by atoms with van der Waals surface area (Å²) in [6.07, 6.45) is -0.266. The first-order chi connectivity index (χ1) is 14.2. The molecule has 0 atom stereocenters. The lowest BCUT2D eigenvalue weighted by atomic mass is 10.0. The van der Waals surface area contributed by atoms with Crippen LogP contribution in [0.2, 0.25) is 0 Å². The van der Waals surface area contributed by atoms with Crippen LogP contribution in [0, 0.1) is 13.8 Å². The number of sulfonamides is 1. The van der Waals surface area contributed by atoms with Gasteiger partial charge in [-0.3, -0.25) is 4.79 Å². The summed E-state index contributed by atoms with van der Waals surface area (Å²) < 4.78 is 34.5. The van der Waals surface area contributed by atoms with E-state index in [1.807, 2.05) is 44.2 Å². The van der Waals surface area contributed by atoms with Crippen molar-refractivity contribution in [1.29, 1.82) is 0 Å². The van der Waals surface area contributed by atoms with E-state index in [0.29, 0.717) is 5.75 Å². The van der Waals surface area contributed by atoms with Gasteiger partial charge in [-0.1, -0.05) is 42.0 Å². The van der Waals surface area contributed by atoms with Crippen LogP contribution in [0.4, 0.5) is 0 Å². The van der Waals surface area contributed by atoms with Gasteiger partial charge in [0.15, 0.2) is 0 Å². The quantitative estimate of drug-likeness (QED) is 0.631. The van der Waals surface area contributed by atoms with Crippen LogP contribution in [0.1, 0.15) is 11.3 Å². The molecule has 6 nitrogen and oxygen atoms in total. The number of benzene rings is 2. The number of rotatable bonds is 5.